The van der Waals surface area contributed by atoms with Crippen LogP contribution in [-0.2, 0) is 5.41 Å². The number of thiophene rings is 1. The second-order valence-electron chi connectivity index (χ2n) is 6.37. The van der Waals surface area contributed by atoms with Gasteiger partial charge in [0.15, 0.2) is 5.43 Å². The third kappa shape index (κ3) is 2.31. The van der Waals surface area contributed by atoms with Gasteiger partial charge in [0.2, 0.25) is 5.71 Å². The Morgan fingerprint density at radius 3 is 2.58 bits per heavy atom. The lowest BCUT2D eigenvalue weighted by atomic mass is 9.81. The van der Waals surface area contributed by atoms with E-state index in [9.17, 15) is 4.79 Å². The minimum Gasteiger partial charge on any atom is -0.447 e. The van der Waals surface area contributed by atoms with Crippen LogP contribution < -0.4 is 5.43 Å². The highest BCUT2D eigenvalue weighted by atomic mass is 32.1. The zero-order valence-electron chi connectivity index (χ0n) is 13.5. The molecule has 3 heterocycles. The van der Waals surface area contributed by atoms with Gasteiger partial charge in [-0.3, -0.25) is 4.79 Å². The Morgan fingerprint density at radius 2 is 1.88 bits per heavy atom. The van der Waals surface area contributed by atoms with Crippen molar-refractivity contribution < 1.29 is 4.42 Å². The predicted octanol–water partition coefficient (Wildman–Crippen LogP) is 5.18. The molecular formula is C20H17NO2S. The van der Waals surface area contributed by atoms with Gasteiger partial charge in [0.05, 0.1) is 5.39 Å². The number of aromatic amines is 1. The van der Waals surface area contributed by atoms with Crippen molar-refractivity contribution in [1.29, 1.82) is 0 Å². The van der Waals surface area contributed by atoms with Gasteiger partial charge in [-0.15, -0.1) is 11.3 Å². The SMILES string of the molecule is CC(C)(c1ccccc1)c1cc(=O)c2c(-c3cccs3)coc2[nH]1. The zero-order valence-corrected chi connectivity index (χ0v) is 14.3. The third-order valence-electron chi connectivity index (χ3n) is 4.52. The fourth-order valence-corrected chi connectivity index (χ4v) is 3.75. The maximum Gasteiger partial charge on any atom is 0.208 e. The van der Waals surface area contributed by atoms with Crippen molar-refractivity contribution in [2.24, 2.45) is 0 Å². The minimum atomic E-state index is -0.315. The van der Waals surface area contributed by atoms with Crippen molar-refractivity contribution in [2.75, 3.05) is 0 Å². The number of aromatic nitrogens is 1. The minimum absolute atomic E-state index is 0.0140. The van der Waals surface area contributed by atoms with Gasteiger partial charge in [0.1, 0.15) is 6.26 Å². The molecule has 24 heavy (non-hydrogen) atoms. The first-order valence-electron chi connectivity index (χ1n) is 7.82. The third-order valence-corrected chi connectivity index (χ3v) is 5.42. The van der Waals surface area contributed by atoms with E-state index in [1.54, 1.807) is 23.7 Å². The summed E-state index contributed by atoms with van der Waals surface area (Å²) in [6.07, 6.45) is 1.66. The van der Waals surface area contributed by atoms with Gasteiger partial charge in [-0.1, -0.05) is 50.2 Å². The van der Waals surface area contributed by atoms with Crippen LogP contribution in [0, 0.1) is 0 Å². The summed E-state index contributed by atoms with van der Waals surface area (Å²) in [5, 5.41) is 2.61. The van der Waals surface area contributed by atoms with Crippen LogP contribution in [0.25, 0.3) is 21.5 Å². The molecule has 4 heteroatoms. The molecule has 0 spiro atoms. The van der Waals surface area contributed by atoms with E-state index >= 15 is 0 Å². The first-order valence-corrected chi connectivity index (χ1v) is 8.70. The number of nitrogens with one attached hydrogen (secondary N) is 1. The zero-order chi connectivity index (χ0) is 16.7. The second kappa shape index (κ2) is 5.49. The van der Waals surface area contributed by atoms with Crippen LogP contribution in [-0.4, -0.2) is 4.98 Å². The van der Waals surface area contributed by atoms with E-state index < -0.39 is 0 Å². The molecule has 0 aliphatic carbocycles. The van der Waals surface area contributed by atoms with Gasteiger partial charge in [-0.2, -0.15) is 0 Å². The molecule has 0 aliphatic rings. The Labute approximate surface area is 143 Å². The molecule has 0 atom stereocenters. The number of furan rings is 1. The molecule has 0 aliphatic heterocycles. The molecule has 0 fully saturated rings. The number of benzene rings is 1. The molecule has 0 radical (unpaired) electrons. The van der Waals surface area contributed by atoms with E-state index in [2.05, 4.69) is 31.0 Å². The van der Waals surface area contributed by atoms with Gasteiger partial charge in [-0.05, 0) is 17.0 Å². The topological polar surface area (TPSA) is 46.0 Å². The summed E-state index contributed by atoms with van der Waals surface area (Å²) < 4.78 is 5.68. The first kappa shape index (κ1) is 15.0. The molecule has 3 nitrogen and oxygen atoms in total. The molecule has 4 aromatic rings. The maximum atomic E-state index is 12.8. The van der Waals surface area contributed by atoms with Crippen molar-refractivity contribution in [3.05, 3.63) is 81.7 Å². The normalized spacial score (nSPS) is 11.9. The van der Waals surface area contributed by atoms with Crippen LogP contribution in [0.3, 0.4) is 0 Å². The Morgan fingerprint density at radius 1 is 1.08 bits per heavy atom. The molecule has 1 N–H and O–H groups in total. The number of pyridine rings is 1. The van der Waals surface area contributed by atoms with Gasteiger partial charge in [0, 0.05) is 27.6 Å². The van der Waals surface area contributed by atoms with E-state index in [4.69, 9.17) is 4.42 Å². The number of fused-ring (bicyclic) bond motifs is 1. The van der Waals surface area contributed by atoms with Crippen molar-refractivity contribution >= 4 is 22.4 Å². The van der Waals surface area contributed by atoms with Gasteiger partial charge in [0.25, 0.3) is 0 Å². The van der Waals surface area contributed by atoms with E-state index in [1.807, 2.05) is 35.7 Å². The summed E-state index contributed by atoms with van der Waals surface area (Å²) in [5.74, 6) is 0. The number of H-pyrrole nitrogens is 1. The highest BCUT2D eigenvalue weighted by Crippen LogP contribution is 2.34. The molecule has 0 bridgehead atoms. The summed E-state index contributed by atoms with van der Waals surface area (Å²) in [5.41, 5.74) is 3.04. The Balaban J connectivity index is 1.90. The molecule has 3 aromatic heterocycles. The quantitative estimate of drug-likeness (QED) is 0.561. The monoisotopic (exact) mass is 335 g/mol. The fraction of sp³-hybridized carbons (Fsp3) is 0.150. The van der Waals surface area contributed by atoms with Crippen LogP contribution in [0.1, 0.15) is 25.1 Å². The van der Waals surface area contributed by atoms with E-state index in [0.29, 0.717) is 11.1 Å². The highest BCUT2D eigenvalue weighted by Gasteiger charge is 2.26. The lowest BCUT2D eigenvalue weighted by Crippen LogP contribution is -2.22. The molecule has 0 unspecified atom stereocenters. The Kier molecular flexibility index (Phi) is 3.43. The average molecular weight is 335 g/mol. The Bertz CT molecular complexity index is 1040. The van der Waals surface area contributed by atoms with E-state index in [1.165, 1.54) is 0 Å². The first-order chi connectivity index (χ1) is 11.6. The smallest absolute Gasteiger partial charge is 0.208 e. The standard InChI is InChI=1S/C20H17NO2S/c1-20(2,13-7-4-3-5-8-13)17-11-15(22)18-14(12-23-19(18)21-17)16-9-6-10-24-16/h3-12H,1-2H3,(H,21,22). The van der Waals surface area contributed by atoms with Gasteiger partial charge < -0.3 is 9.40 Å². The van der Waals surface area contributed by atoms with Gasteiger partial charge in [-0.25, -0.2) is 0 Å². The number of rotatable bonds is 3. The largest absolute Gasteiger partial charge is 0.447 e. The van der Waals surface area contributed by atoms with Crippen LogP contribution in [0.4, 0.5) is 0 Å². The molecule has 0 amide bonds. The maximum absolute atomic E-state index is 12.8. The van der Waals surface area contributed by atoms with Gasteiger partial charge >= 0.3 is 0 Å². The molecule has 1 aromatic carbocycles. The average Bonchev–Trinajstić information content (AvgIpc) is 3.24. The number of hydrogen-bond acceptors (Lipinski definition) is 3. The van der Waals surface area contributed by atoms with Crippen molar-refractivity contribution in [3.63, 3.8) is 0 Å². The molecule has 120 valence electrons. The summed E-state index contributed by atoms with van der Waals surface area (Å²) in [4.78, 5) is 17.1. The molecule has 4 rings (SSSR count). The van der Waals surface area contributed by atoms with Crippen LogP contribution in [0.15, 0.2) is 69.4 Å². The van der Waals surface area contributed by atoms with Crippen molar-refractivity contribution in [3.8, 4) is 10.4 Å². The molecule has 0 saturated heterocycles. The summed E-state index contributed by atoms with van der Waals surface area (Å²) >= 11 is 1.60. The number of hydrogen-bond donors (Lipinski definition) is 1. The summed E-state index contributed by atoms with van der Waals surface area (Å²) in [7, 11) is 0. The Hall–Kier alpha value is -2.59. The molecular weight excluding hydrogens is 318 g/mol. The highest BCUT2D eigenvalue weighted by molar-refractivity contribution is 7.13. The second-order valence-corrected chi connectivity index (χ2v) is 7.32. The van der Waals surface area contributed by atoms with Crippen LogP contribution in [0.5, 0.6) is 0 Å². The lowest BCUT2D eigenvalue weighted by Gasteiger charge is -2.25. The molecule has 0 saturated carbocycles. The van der Waals surface area contributed by atoms with Crippen LogP contribution in [0.2, 0.25) is 0 Å². The van der Waals surface area contributed by atoms with Crippen molar-refractivity contribution in [1.82, 2.24) is 4.98 Å². The predicted molar refractivity (Wildman–Crippen MR) is 98.7 cm³/mol. The summed E-state index contributed by atoms with van der Waals surface area (Å²) in [6, 6.07) is 15.8. The van der Waals surface area contributed by atoms with E-state index in [-0.39, 0.29) is 10.8 Å². The van der Waals surface area contributed by atoms with Crippen LogP contribution >= 0.6 is 11.3 Å². The lowest BCUT2D eigenvalue weighted by molar-refractivity contribution is 0.580. The fourth-order valence-electron chi connectivity index (χ4n) is 3.02. The van der Waals surface area contributed by atoms with Crippen molar-refractivity contribution in [2.45, 2.75) is 19.3 Å². The summed E-state index contributed by atoms with van der Waals surface area (Å²) in [6.45, 7) is 4.20. The van der Waals surface area contributed by atoms with E-state index in [0.717, 1.165) is 21.7 Å².